The monoisotopic (exact) mass is 175 g/mol. The zero-order valence-corrected chi connectivity index (χ0v) is 7.48. The summed E-state index contributed by atoms with van der Waals surface area (Å²) < 4.78 is 24.1. The van der Waals surface area contributed by atoms with Crippen LogP contribution in [-0.4, -0.2) is 18.5 Å². The van der Waals surface area contributed by atoms with Crippen LogP contribution < -0.4 is 5.32 Å². The summed E-state index contributed by atoms with van der Waals surface area (Å²) in [5.74, 6) is 2.46. The van der Waals surface area contributed by atoms with Gasteiger partial charge in [-0.3, -0.25) is 0 Å². The standard InChI is InChI=1S/C9H15F2N/c1-4-6-8(5-2)12-7(3)9(10)11/h1,7-9,12H,5-6H2,2-3H3. The first-order chi connectivity index (χ1) is 5.61. The van der Waals surface area contributed by atoms with Crippen molar-refractivity contribution in [3.63, 3.8) is 0 Å². The molecule has 0 aliphatic carbocycles. The van der Waals surface area contributed by atoms with Crippen LogP contribution in [0.15, 0.2) is 0 Å². The van der Waals surface area contributed by atoms with Gasteiger partial charge in [-0.25, -0.2) is 8.78 Å². The van der Waals surface area contributed by atoms with Gasteiger partial charge in [-0.1, -0.05) is 6.92 Å². The Morgan fingerprint density at radius 3 is 2.42 bits per heavy atom. The molecule has 0 fully saturated rings. The average molecular weight is 175 g/mol. The van der Waals surface area contributed by atoms with Crippen LogP contribution in [-0.2, 0) is 0 Å². The Balaban J connectivity index is 3.78. The molecule has 0 heterocycles. The SMILES string of the molecule is C#CCC(CC)NC(C)C(F)F. The molecule has 2 atom stereocenters. The number of nitrogens with one attached hydrogen (secondary N) is 1. The van der Waals surface area contributed by atoms with E-state index in [9.17, 15) is 8.78 Å². The fourth-order valence-corrected chi connectivity index (χ4v) is 0.908. The lowest BCUT2D eigenvalue weighted by atomic mass is 10.1. The van der Waals surface area contributed by atoms with Crippen molar-refractivity contribution in [2.45, 2.75) is 45.2 Å². The minimum Gasteiger partial charge on any atom is -0.305 e. The Kier molecular flexibility index (Phi) is 5.65. The van der Waals surface area contributed by atoms with Gasteiger partial charge in [-0.15, -0.1) is 12.3 Å². The highest BCUT2D eigenvalue weighted by molar-refractivity contribution is 4.90. The fraction of sp³-hybridized carbons (Fsp3) is 0.778. The number of hydrogen-bond acceptors (Lipinski definition) is 1. The summed E-state index contributed by atoms with van der Waals surface area (Å²) in [4.78, 5) is 0. The quantitative estimate of drug-likeness (QED) is 0.630. The van der Waals surface area contributed by atoms with Crippen LogP contribution in [0.5, 0.6) is 0 Å². The van der Waals surface area contributed by atoms with Crippen molar-refractivity contribution in [1.82, 2.24) is 5.32 Å². The largest absolute Gasteiger partial charge is 0.305 e. The molecule has 0 spiro atoms. The van der Waals surface area contributed by atoms with Crippen molar-refractivity contribution in [3.05, 3.63) is 0 Å². The molecule has 2 unspecified atom stereocenters. The smallest absolute Gasteiger partial charge is 0.253 e. The van der Waals surface area contributed by atoms with Crippen molar-refractivity contribution in [3.8, 4) is 12.3 Å². The van der Waals surface area contributed by atoms with Gasteiger partial charge in [0.1, 0.15) is 0 Å². The molecular weight excluding hydrogens is 160 g/mol. The summed E-state index contributed by atoms with van der Waals surface area (Å²) >= 11 is 0. The molecule has 0 amide bonds. The minimum atomic E-state index is -2.32. The van der Waals surface area contributed by atoms with Gasteiger partial charge in [0, 0.05) is 12.5 Å². The zero-order valence-electron chi connectivity index (χ0n) is 7.48. The molecule has 0 rings (SSSR count). The summed E-state index contributed by atoms with van der Waals surface area (Å²) in [6, 6.07) is -0.762. The number of halogens is 2. The highest BCUT2D eigenvalue weighted by Crippen LogP contribution is 2.04. The first kappa shape index (κ1) is 11.4. The van der Waals surface area contributed by atoms with Crippen molar-refractivity contribution in [2.75, 3.05) is 0 Å². The van der Waals surface area contributed by atoms with Gasteiger partial charge in [0.05, 0.1) is 6.04 Å². The lowest BCUT2D eigenvalue weighted by Gasteiger charge is -2.19. The van der Waals surface area contributed by atoms with Gasteiger partial charge in [0.15, 0.2) is 0 Å². The third kappa shape index (κ3) is 4.30. The topological polar surface area (TPSA) is 12.0 Å². The van der Waals surface area contributed by atoms with E-state index in [-0.39, 0.29) is 6.04 Å². The molecule has 0 aliphatic heterocycles. The van der Waals surface area contributed by atoms with Crippen LogP contribution in [0.1, 0.15) is 26.7 Å². The second-order valence-electron chi connectivity index (χ2n) is 2.80. The highest BCUT2D eigenvalue weighted by atomic mass is 19.3. The predicted molar refractivity (Wildman–Crippen MR) is 46.1 cm³/mol. The maximum Gasteiger partial charge on any atom is 0.253 e. The molecule has 0 aromatic heterocycles. The Labute approximate surface area is 72.5 Å². The molecular formula is C9H15F2N. The van der Waals surface area contributed by atoms with E-state index in [1.54, 1.807) is 0 Å². The van der Waals surface area contributed by atoms with Crippen molar-refractivity contribution < 1.29 is 8.78 Å². The van der Waals surface area contributed by atoms with E-state index in [0.29, 0.717) is 6.42 Å². The maximum absolute atomic E-state index is 12.1. The maximum atomic E-state index is 12.1. The van der Waals surface area contributed by atoms with Crippen LogP contribution in [0.4, 0.5) is 8.78 Å². The molecule has 1 nitrogen and oxygen atoms in total. The molecule has 0 saturated heterocycles. The summed E-state index contributed by atoms with van der Waals surface area (Å²) in [5.41, 5.74) is 0. The Morgan fingerprint density at radius 2 is 2.08 bits per heavy atom. The van der Waals surface area contributed by atoms with E-state index < -0.39 is 12.5 Å². The van der Waals surface area contributed by atoms with Crippen LogP contribution >= 0.6 is 0 Å². The number of hydrogen-bond donors (Lipinski definition) is 1. The first-order valence-electron chi connectivity index (χ1n) is 4.09. The van der Waals surface area contributed by atoms with E-state index in [4.69, 9.17) is 6.42 Å². The van der Waals surface area contributed by atoms with E-state index in [1.165, 1.54) is 6.92 Å². The number of rotatable bonds is 5. The molecule has 0 bridgehead atoms. The van der Waals surface area contributed by atoms with E-state index in [0.717, 1.165) is 6.42 Å². The molecule has 1 N–H and O–H groups in total. The predicted octanol–water partition coefficient (Wildman–Crippen LogP) is 2.03. The molecule has 0 radical (unpaired) electrons. The fourth-order valence-electron chi connectivity index (χ4n) is 0.908. The molecule has 0 saturated carbocycles. The van der Waals surface area contributed by atoms with E-state index >= 15 is 0 Å². The second-order valence-corrected chi connectivity index (χ2v) is 2.80. The third-order valence-electron chi connectivity index (χ3n) is 1.73. The zero-order chi connectivity index (χ0) is 9.56. The Morgan fingerprint density at radius 1 is 1.50 bits per heavy atom. The molecule has 0 aromatic rings. The minimum absolute atomic E-state index is 0.0130. The van der Waals surface area contributed by atoms with E-state index in [2.05, 4.69) is 11.2 Å². The summed E-state index contributed by atoms with van der Waals surface area (Å²) in [6.45, 7) is 3.39. The molecule has 0 aromatic carbocycles. The lowest BCUT2D eigenvalue weighted by Crippen LogP contribution is -2.40. The van der Waals surface area contributed by atoms with Gasteiger partial charge < -0.3 is 5.32 Å². The first-order valence-corrected chi connectivity index (χ1v) is 4.09. The Bertz CT molecular complexity index is 151. The average Bonchev–Trinajstić information content (AvgIpc) is 2.03. The van der Waals surface area contributed by atoms with E-state index in [1.807, 2.05) is 6.92 Å². The molecule has 0 aliphatic rings. The molecule has 70 valence electrons. The number of terminal acetylenes is 1. The van der Waals surface area contributed by atoms with Gasteiger partial charge in [-0.2, -0.15) is 0 Å². The second kappa shape index (κ2) is 5.96. The van der Waals surface area contributed by atoms with Gasteiger partial charge >= 0.3 is 0 Å². The van der Waals surface area contributed by atoms with Crippen molar-refractivity contribution in [1.29, 1.82) is 0 Å². The van der Waals surface area contributed by atoms with Crippen LogP contribution in [0, 0.1) is 12.3 Å². The molecule has 12 heavy (non-hydrogen) atoms. The normalized spacial score (nSPS) is 15.7. The van der Waals surface area contributed by atoms with Gasteiger partial charge in [-0.05, 0) is 13.3 Å². The lowest BCUT2D eigenvalue weighted by molar-refractivity contribution is 0.0998. The highest BCUT2D eigenvalue weighted by Gasteiger charge is 2.17. The summed E-state index contributed by atoms with van der Waals surface area (Å²) in [7, 11) is 0. The van der Waals surface area contributed by atoms with Crippen molar-refractivity contribution >= 4 is 0 Å². The van der Waals surface area contributed by atoms with Gasteiger partial charge in [0.25, 0.3) is 6.43 Å². The Hall–Kier alpha value is -0.620. The number of alkyl halides is 2. The van der Waals surface area contributed by atoms with Crippen LogP contribution in [0.25, 0.3) is 0 Å². The summed E-state index contributed by atoms with van der Waals surface area (Å²) in [5, 5.41) is 2.77. The van der Waals surface area contributed by atoms with Gasteiger partial charge in [0.2, 0.25) is 0 Å². The van der Waals surface area contributed by atoms with Crippen LogP contribution in [0.2, 0.25) is 0 Å². The molecule has 3 heteroatoms. The van der Waals surface area contributed by atoms with Crippen LogP contribution in [0.3, 0.4) is 0 Å². The summed E-state index contributed by atoms with van der Waals surface area (Å²) in [6.07, 6.45) is 4.04. The van der Waals surface area contributed by atoms with Crippen molar-refractivity contribution in [2.24, 2.45) is 0 Å². The third-order valence-corrected chi connectivity index (χ3v) is 1.73.